The van der Waals surface area contributed by atoms with Gasteiger partial charge in [0.05, 0.1) is 0 Å². The predicted octanol–water partition coefficient (Wildman–Crippen LogP) is 3.55. The molecule has 3 rings (SSSR count). The van der Waals surface area contributed by atoms with Crippen LogP contribution in [0.5, 0.6) is 0 Å². The second kappa shape index (κ2) is 6.28. The number of piperidine rings is 1. The lowest BCUT2D eigenvalue weighted by molar-refractivity contribution is -0.000348. The summed E-state index contributed by atoms with van der Waals surface area (Å²) >= 11 is 0. The Morgan fingerprint density at radius 2 is 1.80 bits per heavy atom. The average molecular weight is 273 g/mol. The van der Waals surface area contributed by atoms with E-state index in [9.17, 15) is 5.11 Å². The van der Waals surface area contributed by atoms with Gasteiger partial charge >= 0.3 is 0 Å². The van der Waals surface area contributed by atoms with Crippen LogP contribution in [-0.4, -0.2) is 29.7 Å². The van der Waals surface area contributed by atoms with Crippen molar-refractivity contribution < 1.29 is 5.11 Å². The average Bonchev–Trinajstić information content (AvgIpc) is 2.56. The van der Waals surface area contributed by atoms with Gasteiger partial charge in [0.1, 0.15) is 0 Å². The minimum atomic E-state index is 0.243. The Kier molecular flexibility index (Phi) is 4.42. The molecule has 1 aliphatic heterocycles. The Labute approximate surface area is 122 Å². The summed E-state index contributed by atoms with van der Waals surface area (Å²) in [7, 11) is 0. The first kappa shape index (κ1) is 14.1. The highest BCUT2D eigenvalue weighted by Gasteiger charge is 2.41. The zero-order valence-electron chi connectivity index (χ0n) is 12.4. The van der Waals surface area contributed by atoms with Gasteiger partial charge in [0, 0.05) is 18.7 Å². The third-order valence-electron chi connectivity index (χ3n) is 5.37. The van der Waals surface area contributed by atoms with Crippen LogP contribution in [0.15, 0.2) is 30.3 Å². The largest absolute Gasteiger partial charge is 0.396 e. The molecule has 1 heterocycles. The van der Waals surface area contributed by atoms with E-state index in [4.69, 9.17) is 0 Å². The Morgan fingerprint density at radius 3 is 2.50 bits per heavy atom. The summed E-state index contributed by atoms with van der Waals surface area (Å²) in [6, 6.07) is 11.1. The molecule has 2 heteroatoms. The zero-order chi connectivity index (χ0) is 13.8. The van der Waals surface area contributed by atoms with Crippen LogP contribution in [0.25, 0.3) is 0 Å². The normalized spacial score (nSPS) is 27.4. The van der Waals surface area contributed by atoms with Gasteiger partial charge in [0.25, 0.3) is 0 Å². The first-order valence-corrected chi connectivity index (χ1v) is 8.26. The lowest BCUT2D eigenvalue weighted by Gasteiger charge is -2.50. The van der Waals surface area contributed by atoms with E-state index >= 15 is 0 Å². The van der Waals surface area contributed by atoms with Gasteiger partial charge in [0.15, 0.2) is 0 Å². The SMILES string of the molecule is OCC1CCCN(C2(c3ccccc3)CCCCC2)C1. The summed E-state index contributed by atoms with van der Waals surface area (Å²) in [6.07, 6.45) is 9.07. The predicted molar refractivity (Wildman–Crippen MR) is 82.6 cm³/mol. The van der Waals surface area contributed by atoms with Crippen molar-refractivity contribution in [1.82, 2.24) is 4.90 Å². The first-order valence-electron chi connectivity index (χ1n) is 8.26. The zero-order valence-corrected chi connectivity index (χ0v) is 12.4. The van der Waals surface area contributed by atoms with Crippen LogP contribution in [-0.2, 0) is 5.54 Å². The summed E-state index contributed by atoms with van der Waals surface area (Å²) in [5.41, 5.74) is 1.74. The van der Waals surface area contributed by atoms with Crippen LogP contribution in [0.3, 0.4) is 0 Å². The molecule has 0 bridgehead atoms. The molecular weight excluding hydrogens is 246 g/mol. The molecule has 1 saturated heterocycles. The molecule has 0 spiro atoms. The number of hydrogen-bond donors (Lipinski definition) is 1. The van der Waals surface area contributed by atoms with E-state index in [1.54, 1.807) is 0 Å². The van der Waals surface area contributed by atoms with E-state index in [0.717, 1.165) is 6.54 Å². The Hall–Kier alpha value is -0.860. The van der Waals surface area contributed by atoms with E-state index in [2.05, 4.69) is 35.2 Å². The smallest absolute Gasteiger partial charge is 0.0471 e. The molecule has 2 nitrogen and oxygen atoms in total. The third-order valence-corrected chi connectivity index (χ3v) is 5.37. The maximum atomic E-state index is 9.54. The van der Waals surface area contributed by atoms with Crippen molar-refractivity contribution in [3.63, 3.8) is 0 Å². The topological polar surface area (TPSA) is 23.5 Å². The fourth-order valence-corrected chi connectivity index (χ4v) is 4.28. The number of aliphatic hydroxyl groups excluding tert-OH is 1. The Bertz CT molecular complexity index is 411. The van der Waals surface area contributed by atoms with Crippen molar-refractivity contribution >= 4 is 0 Å². The number of nitrogens with zero attached hydrogens (tertiary/aromatic N) is 1. The van der Waals surface area contributed by atoms with Gasteiger partial charge in [-0.15, -0.1) is 0 Å². The number of likely N-dealkylation sites (tertiary alicyclic amines) is 1. The van der Waals surface area contributed by atoms with Crippen molar-refractivity contribution in [3.8, 4) is 0 Å². The quantitative estimate of drug-likeness (QED) is 0.910. The highest BCUT2D eigenvalue weighted by Crippen LogP contribution is 2.43. The summed E-state index contributed by atoms with van der Waals surface area (Å²) in [4.78, 5) is 2.70. The van der Waals surface area contributed by atoms with Gasteiger partial charge in [-0.2, -0.15) is 0 Å². The molecule has 0 aromatic heterocycles. The standard InChI is InChI=1S/C18H27NO/c20-15-16-8-7-13-19(14-16)18(11-5-2-6-12-18)17-9-3-1-4-10-17/h1,3-4,9-10,16,20H,2,5-8,11-15H2. The summed E-state index contributed by atoms with van der Waals surface area (Å²) in [5.74, 6) is 0.478. The van der Waals surface area contributed by atoms with Crippen LogP contribution in [0.4, 0.5) is 0 Å². The molecule has 20 heavy (non-hydrogen) atoms. The van der Waals surface area contributed by atoms with E-state index in [-0.39, 0.29) is 5.54 Å². The molecule has 1 saturated carbocycles. The van der Waals surface area contributed by atoms with Crippen LogP contribution in [0, 0.1) is 5.92 Å². The molecule has 1 aromatic rings. The van der Waals surface area contributed by atoms with Crippen molar-refractivity contribution in [2.75, 3.05) is 19.7 Å². The fraction of sp³-hybridized carbons (Fsp3) is 0.667. The lowest BCUT2D eigenvalue weighted by Crippen LogP contribution is -2.52. The number of benzene rings is 1. The molecule has 1 unspecified atom stereocenters. The number of hydrogen-bond acceptors (Lipinski definition) is 2. The molecule has 2 aliphatic rings. The fourth-order valence-electron chi connectivity index (χ4n) is 4.28. The van der Waals surface area contributed by atoms with Gasteiger partial charge in [0.2, 0.25) is 0 Å². The second-order valence-corrected chi connectivity index (χ2v) is 6.60. The maximum absolute atomic E-state index is 9.54. The maximum Gasteiger partial charge on any atom is 0.0471 e. The highest BCUT2D eigenvalue weighted by molar-refractivity contribution is 5.25. The summed E-state index contributed by atoms with van der Waals surface area (Å²) < 4.78 is 0. The van der Waals surface area contributed by atoms with Crippen molar-refractivity contribution in [3.05, 3.63) is 35.9 Å². The number of aliphatic hydroxyl groups is 1. The molecular formula is C18H27NO. The van der Waals surface area contributed by atoms with Gasteiger partial charge in [-0.05, 0) is 43.7 Å². The number of rotatable bonds is 3. The third kappa shape index (κ3) is 2.64. The van der Waals surface area contributed by atoms with Gasteiger partial charge < -0.3 is 5.11 Å². The Morgan fingerprint density at radius 1 is 1.05 bits per heavy atom. The van der Waals surface area contributed by atoms with Gasteiger partial charge in [-0.25, -0.2) is 0 Å². The van der Waals surface area contributed by atoms with Gasteiger partial charge in [-0.3, -0.25) is 4.90 Å². The van der Waals surface area contributed by atoms with Crippen LogP contribution < -0.4 is 0 Å². The van der Waals surface area contributed by atoms with Crippen molar-refractivity contribution in [1.29, 1.82) is 0 Å². The molecule has 1 N–H and O–H groups in total. The minimum Gasteiger partial charge on any atom is -0.396 e. The van der Waals surface area contributed by atoms with E-state index < -0.39 is 0 Å². The van der Waals surface area contributed by atoms with E-state index in [1.165, 1.54) is 57.1 Å². The van der Waals surface area contributed by atoms with E-state index in [1.807, 2.05) is 0 Å². The van der Waals surface area contributed by atoms with Crippen molar-refractivity contribution in [2.45, 2.75) is 50.5 Å². The Balaban J connectivity index is 1.89. The highest BCUT2D eigenvalue weighted by atomic mass is 16.3. The van der Waals surface area contributed by atoms with Gasteiger partial charge in [-0.1, -0.05) is 49.6 Å². The van der Waals surface area contributed by atoms with Crippen molar-refractivity contribution in [2.24, 2.45) is 5.92 Å². The molecule has 0 radical (unpaired) electrons. The monoisotopic (exact) mass is 273 g/mol. The molecule has 2 fully saturated rings. The van der Waals surface area contributed by atoms with Crippen LogP contribution in [0.1, 0.15) is 50.5 Å². The summed E-state index contributed by atoms with van der Waals surface area (Å²) in [6.45, 7) is 2.62. The minimum absolute atomic E-state index is 0.243. The first-order chi connectivity index (χ1) is 9.85. The lowest BCUT2D eigenvalue weighted by atomic mass is 9.74. The molecule has 1 aliphatic carbocycles. The second-order valence-electron chi connectivity index (χ2n) is 6.60. The molecule has 1 aromatic carbocycles. The molecule has 0 amide bonds. The summed E-state index contributed by atoms with van der Waals surface area (Å²) in [5, 5.41) is 9.54. The molecule has 1 atom stereocenters. The molecule has 110 valence electrons. The van der Waals surface area contributed by atoms with Crippen LogP contribution >= 0.6 is 0 Å². The van der Waals surface area contributed by atoms with E-state index in [0.29, 0.717) is 12.5 Å². The van der Waals surface area contributed by atoms with Crippen LogP contribution in [0.2, 0.25) is 0 Å².